The fourth-order valence-electron chi connectivity index (χ4n) is 5.78. The molecule has 0 aromatic carbocycles. The fourth-order valence-corrected chi connectivity index (χ4v) is 5.78. The third kappa shape index (κ3) is 4.13. The molecular formula is C28H33N7O2. The SMILES string of the molecule is CC(C)C1CN(c2nc(C3CC3)c3c(c2C#N)CC(C)(C)OC3)CCN1C(=O)c1cnn2cccnc12. The summed E-state index contributed by atoms with van der Waals surface area (Å²) in [6.07, 6.45) is 8.07. The van der Waals surface area contributed by atoms with Crippen LogP contribution in [0, 0.1) is 17.2 Å². The molecule has 3 aromatic heterocycles. The van der Waals surface area contributed by atoms with Crippen LogP contribution in [-0.4, -0.2) is 61.7 Å². The van der Waals surface area contributed by atoms with Crippen LogP contribution in [0.4, 0.5) is 5.82 Å². The molecule has 0 spiro atoms. The molecule has 1 aliphatic carbocycles. The van der Waals surface area contributed by atoms with Crippen molar-refractivity contribution >= 4 is 17.4 Å². The summed E-state index contributed by atoms with van der Waals surface area (Å²) in [6, 6.07) is 4.27. The van der Waals surface area contributed by atoms with Crippen molar-refractivity contribution in [3.63, 3.8) is 0 Å². The molecule has 0 radical (unpaired) electrons. The van der Waals surface area contributed by atoms with Crippen molar-refractivity contribution in [3.8, 4) is 6.07 Å². The fraction of sp³-hybridized carbons (Fsp3) is 0.536. The van der Waals surface area contributed by atoms with Gasteiger partial charge in [0.1, 0.15) is 17.5 Å². The van der Waals surface area contributed by atoms with Crippen molar-refractivity contribution in [2.24, 2.45) is 5.92 Å². The van der Waals surface area contributed by atoms with Crippen molar-refractivity contribution in [3.05, 3.63) is 52.6 Å². The van der Waals surface area contributed by atoms with Gasteiger partial charge in [0.25, 0.3) is 5.91 Å². The molecule has 2 fully saturated rings. The molecule has 3 aliphatic rings. The van der Waals surface area contributed by atoms with Crippen LogP contribution in [0.1, 0.15) is 79.2 Å². The topological polar surface area (TPSA) is 99.7 Å². The molecule has 9 nitrogen and oxygen atoms in total. The number of carbonyl (C=O) groups is 1. The number of piperazine rings is 1. The smallest absolute Gasteiger partial charge is 0.259 e. The van der Waals surface area contributed by atoms with Crippen molar-refractivity contribution in [2.75, 3.05) is 24.5 Å². The number of aromatic nitrogens is 4. The summed E-state index contributed by atoms with van der Waals surface area (Å²) in [5.74, 6) is 1.40. The highest BCUT2D eigenvalue weighted by atomic mass is 16.5. The van der Waals surface area contributed by atoms with Gasteiger partial charge in [-0.25, -0.2) is 14.5 Å². The van der Waals surface area contributed by atoms with Crippen molar-refractivity contribution in [2.45, 2.75) is 71.1 Å². The molecular weight excluding hydrogens is 466 g/mol. The average molecular weight is 500 g/mol. The predicted octanol–water partition coefficient (Wildman–Crippen LogP) is 3.71. The summed E-state index contributed by atoms with van der Waals surface area (Å²) >= 11 is 0. The molecule has 192 valence electrons. The minimum Gasteiger partial charge on any atom is -0.370 e. The molecule has 1 saturated heterocycles. The van der Waals surface area contributed by atoms with Crippen LogP contribution in [-0.2, 0) is 17.8 Å². The minimum absolute atomic E-state index is 0.0339. The van der Waals surface area contributed by atoms with Gasteiger partial charge < -0.3 is 14.5 Å². The zero-order valence-electron chi connectivity index (χ0n) is 21.9. The number of nitrogens with zero attached hydrogens (tertiary/aromatic N) is 7. The lowest BCUT2D eigenvalue weighted by atomic mass is 9.87. The van der Waals surface area contributed by atoms with Crippen LogP contribution in [0.25, 0.3) is 5.65 Å². The van der Waals surface area contributed by atoms with E-state index in [-0.39, 0.29) is 23.5 Å². The Morgan fingerprint density at radius 3 is 2.78 bits per heavy atom. The van der Waals surface area contributed by atoms with E-state index in [1.165, 1.54) is 0 Å². The summed E-state index contributed by atoms with van der Waals surface area (Å²) in [5, 5.41) is 14.6. The Kier molecular flexibility index (Phi) is 5.68. The van der Waals surface area contributed by atoms with Gasteiger partial charge in [-0.2, -0.15) is 10.4 Å². The first-order valence-electron chi connectivity index (χ1n) is 13.2. The molecule has 2 aliphatic heterocycles. The number of nitriles is 1. The molecule has 9 heteroatoms. The number of fused-ring (bicyclic) bond motifs is 2. The van der Waals surface area contributed by atoms with Gasteiger partial charge in [-0.3, -0.25) is 4.79 Å². The summed E-state index contributed by atoms with van der Waals surface area (Å²) < 4.78 is 7.76. The second-order valence-electron chi connectivity index (χ2n) is 11.5. The average Bonchev–Trinajstić information content (AvgIpc) is 3.64. The summed E-state index contributed by atoms with van der Waals surface area (Å²) in [5.41, 5.74) is 4.77. The quantitative estimate of drug-likeness (QED) is 0.539. The monoisotopic (exact) mass is 499 g/mol. The molecule has 1 atom stereocenters. The molecule has 1 unspecified atom stereocenters. The molecule has 37 heavy (non-hydrogen) atoms. The van der Waals surface area contributed by atoms with E-state index in [1.807, 2.05) is 4.90 Å². The van der Waals surface area contributed by atoms with E-state index in [1.54, 1.807) is 29.2 Å². The third-order valence-electron chi connectivity index (χ3n) is 7.97. The Morgan fingerprint density at radius 2 is 2.05 bits per heavy atom. The Hall–Kier alpha value is -3.51. The maximum absolute atomic E-state index is 13.7. The number of anilines is 1. The van der Waals surface area contributed by atoms with Gasteiger partial charge in [0, 0.05) is 49.9 Å². The van der Waals surface area contributed by atoms with Gasteiger partial charge in [0.2, 0.25) is 0 Å². The highest BCUT2D eigenvalue weighted by Gasteiger charge is 2.40. The second-order valence-corrected chi connectivity index (χ2v) is 11.5. The van der Waals surface area contributed by atoms with E-state index in [0.717, 1.165) is 35.5 Å². The summed E-state index contributed by atoms with van der Waals surface area (Å²) in [6.45, 7) is 10.8. The van der Waals surface area contributed by atoms with Crippen molar-refractivity contribution < 1.29 is 9.53 Å². The van der Waals surface area contributed by atoms with E-state index >= 15 is 0 Å². The molecule has 3 aromatic rings. The number of ether oxygens (including phenoxy) is 1. The van der Waals surface area contributed by atoms with Gasteiger partial charge in [-0.1, -0.05) is 13.8 Å². The van der Waals surface area contributed by atoms with E-state index in [9.17, 15) is 10.1 Å². The number of hydrogen-bond donors (Lipinski definition) is 0. The Labute approximate surface area is 217 Å². The van der Waals surface area contributed by atoms with Crippen LogP contribution in [0.5, 0.6) is 0 Å². The van der Waals surface area contributed by atoms with E-state index in [0.29, 0.717) is 55.4 Å². The van der Waals surface area contributed by atoms with Crippen LogP contribution in [0.15, 0.2) is 24.7 Å². The van der Waals surface area contributed by atoms with Crippen molar-refractivity contribution in [1.82, 2.24) is 24.5 Å². The van der Waals surface area contributed by atoms with Crippen molar-refractivity contribution in [1.29, 1.82) is 5.26 Å². The molecule has 1 amide bonds. The van der Waals surface area contributed by atoms with Gasteiger partial charge in [-0.15, -0.1) is 0 Å². The molecule has 1 saturated carbocycles. The standard InChI is InChI=1S/C28H33N7O2/c1-17(2)23-15-33(10-11-34(23)27(36)21-14-31-35-9-5-8-30-25(21)35)26-20(13-29)19-12-28(3,4)37-16-22(19)24(32-26)18-6-7-18/h5,8-9,14,17-18,23H,6-7,10-12,15-16H2,1-4H3. The van der Waals surface area contributed by atoms with E-state index in [2.05, 4.69) is 48.7 Å². The van der Waals surface area contributed by atoms with Crippen LogP contribution in [0.2, 0.25) is 0 Å². The highest BCUT2D eigenvalue weighted by Crippen LogP contribution is 2.46. The molecule has 6 rings (SSSR count). The predicted molar refractivity (Wildman–Crippen MR) is 138 cm³/mol. The van der Waals surface area contributed by atoms with E-state index in [4.69, 9.17) is 9.72 Å². The largest absolute Gasteiger partial charge is 0.370 e. The van der Waals surface area contributed by atoms with Gasteiger partial charge >= 0.3 is 0 Å². The molecule has 0 N–H and O–H groups in total. The third-order valence-corrected chi connectivity index (χ3v) is 7.97. The summed E-state index contributed by atoms with van der Waals surface area (Å²) in [7, 11) is 0. The van der Waals surface area contributed by atoms with Crippen LogP contribution in [0.3, 0.4) is 0 Å². The van der Waals surface area contributed by atoms with Gasteiger partial charge in [-0.05, 0) is 44.2 Å². The molecule has 5 heterocycles. The molecule has 0 bridgehead atoms. The number of hydrogen-bond acceptors (Lipinski definition) is 7. The second kappa shape index (κ2) is 8.80. The highest BCUT2D eigenvalue weighted by molar-refractivity contribution is 6.00. The summed E-state index contributed by atoms with van der Waals surface area (Å²) in [4.78, 5) is 27.4. The number of amides is 1. The Bertz CT molecular complexity index is 1420. The number of pyridine rings is 1. The van der Waals surface area contributed by atoms with Gasteiger partial charge in [0.15, 0.2) is 5.65 Å². The lowest BCUT2D eigenvalue weighted by Gasteiger charge is -2.44. The first-order valence-corrected chi connectivity index (χ1v) is 13.2. The van der Waals surface area contributed by atoms with E-state index < -0.39 is 0 Å². The zero-order chi connectivity index (χ0) is 25.9. The van der Waals surface area contributed by atoms with Crippen LogP contribution < -0.4 is 4.90 Å². The first kappa shape index (κ1) is 23.9. The lowest BCUT2D eigenvalue weighted by Crippen LogP contribution is -2.57. The Balaban J connectivity index is 1.35. The maximum Gasteiger partial charge on any atom is 0.259 e. The lowest BCUT2D eigenvalue weighted by molar-refractivity contribution is -0.0407. The van der Waals surface area contributed by atoms with Gasteiger partial charge in [0.05, 0.1) is 35.7 Å². The number of rotatable bonds is 4. The minimum atomic E-state index is -0.313. The van der Waals surface area contributed by atoms with Crippen LogP contribution >= 0.6 is 0 Å². The number of carbonyl (C=O) groups excluding carboxylic acids is 1. The zero-order valence-corrected chi connectivity index (χ0v) is 21.9. The Morgan fingerprint density at radius 1 is 1.24 bits per heavy atom. The normalized spacial score (nSPS) is 21.2. The maximum atomic E-state index is 13.7. The first-order chi connectivity index (χ1) is 17.8.